The Morgan fingerprint density at radius 3 is 2.57 bits per heavy atom. The van der Waals surface area contributed by atoms with Crippen molar-refractivity contribution in [2.75, 3.05) is 19.6 Å². The second-order valence-corrected chi connectivity index (χ2v) is 8.82. The quantitative estimate of drug-likeness (QED) is 0.774. The van der Waals surface area contributed by atoms with Crippen molar-refractivity contribution in [3.63, 3.8) is 0 Å². The molecule has 164 valence electrons. The molecule has 4 heterocycles. The van der Waals surface area contributed by atoms with Gasteiger partial charge in [-0.05, 0) is 56.5 Å². The molecule has 0 aromatic carbocycles. The minimum Gasteiger partial charge on any atom is -0.475 e. The van der Waals surface area contributed by atoms with Crippen molar-refractivity contribution in [1.29, 1.82) is 0 Å². The molecule has 0 spiro atoms. The Labute approximate surface area is 175 Å². The number of hydrogen-bond donors (Lipinski definition) is 1. The molecule has 10 heteroatoms. The Morgan fingerprint density at radius 1 is 1.27 bits per heavy atom. The van der Waals surface area contributed by atoms with Crippen LogP contribution in [0.15, 0.2) is 34.9 Å². The smallest absolute Gasteiger partial charge is 0.475 e. The predicted molar refractivity (Wildman–Crippen MR) is 104 cm³/mol. The molecule has 2 saturated heterocycles. The molecule has 2 aromatic rings. The monoisotopic (exact) mass is 444 g/mol. The van der Waals surface area contributed by atoms with Gasteiger partial charge in [0.2, 0.25) is 0 Å². The number of carboxylic acids is 1. The molecule has 1 amide bonds. The van der Waals surface area contributed by atoms with E-state index >= 15 is 0 Å². The van der Waals surface area contributed by atoms with Gasteiger partial charge in [0, 0.05) is 35.4 Å². The van der Waals surface area contributed by atoms with E-state index in [2.05, 4.69) is 24.0 Å². The van der Waals surface area contributed by atoms with Crippen LogP contribution in [-0.2, 0) is 11.3 Å². The van der Waals surface area contributed by atoms with Crippen LogP contribution in [0, 0.1) is 12.8 Å². The van der Waals surface area contributed by atoms with E-state index in [1.807, 2.05) is 16.2 Å². The van der Waals surface area contributed by atoms with Crippen molar-refractivity contribution in [3.8, 4) is 0 Å². The van der Waals surface area contributed by atoms with Gasteiger partial charge in [-0.3, -0.25) is 9.69 Å². The molecule has 4 rings (SSSR count). The highest BCUT2D eigenvalue weighted by Crippen LogP contribution is 2.33. The first-order chi connectivity index (χ1) is 14.1. The zero-order valence-electron chi connectivity index (χ0n) is 16.4. The van der Waals surface area contributed by atoms with E-state index in [0.29, 0.717) is 17.7 Å². The SMILES string of the molecule is Cc1ccc(CN2CCC[C@@H]3CN(C(=O)c4ccco4)C[C@@H]32)s1.O=C(O)C(F)(F)F. The number of furan rings is 1. The van der Waals surface area contributed by atoms with Gasteiger partial charge in [0.15, 0.2) is 5.76 Å². The van der Waals surface area contributed by atoms with E-state index in [1.165, 1.54) is 22.6 Å². The van der Waals surface area contributed by atoms with Gasteiger partial charge in [-0.2, -0.15) is 13.2 Å². The average molecular weight is 444 g/mol. The highest BCUT2D eigenvalue weighted by atomic mass is 32.1. The first-order valence-electron chi connectivity index (χ1n) is 9.57. The summed E-state index contributed by atoms with van der Waals surface area (Å²) in [6.07, 6.45) is -1.05. The molecule has 0 aliphatic carbocycles. The number of halogens is 3. The van der Waals surface area contributed by atoms with Gasteiger partial charge in [-0.1, -0.05) is 0 Å². The standard InChI is InChI=1S/C18H22N2O2S.C2HF3O2/c1-13-6-7-15(23-13)11-19-8-2-4-14-10-20(12-16(14)19)18(21)17-5-3-9-22-17;3-2(4,5)1(6)7/h3,5-7,9,14,16H,2,4,8,10-12H2,1H3;(H,6,7)/t14-,16+;/m1./s1. The summed E-state index contributed by atoms with van der Waals surface area (Å²) in [7, 11) is 0. The van der Waals surface area contributed by atoms with Crippen LogP contribution in [-0.4, -0.2) is 58.6 Å². The zero-order chi connectivity index (χ0) is 21.9. The van der Waals surface area contributed by atoms with E-state index in [9.17, 15) is 18.0 Å². The molecule has 2 aliphatic rings. The maximum Gasteiger partial charge on any atom is 0.490 e. The molecule has 0 bridgehead atoms. The van der Waals surface area contributed by atoms with Crippen LogP contribution in [0.25, 0.3) is 0 Å². The number of piperidine rings is 1. The molecule has 6 nitrogen and oxygen atoms in total. The van der Waals surface area contributed by atoms with E-state index in [4.69, 9.17) is 14.3 Å². The molecule has 2 fully saturated rings. The Morgan fingerprint density at radius 2 is 2.00 bits per heavy atom. The number of nitrogens with zero attached hydrogens (tertiary/aromatic N) is 2. The van der Waals surface area contributed by atoms with Gasteiger partial charge in [-0.25, -0.2) is 4.79 Å². The minimum atomic E-state index is -5.08. The van der Waals surface area contributed by atoms with Crippen molar-refractivity contribution in [3.05, 3.63) is 46.0 Å². The molecule has 2 aliphatic heterocycles. The van der Waals surface area contributed by atoms with Crippen molar-refractivity contribution in [2.24, 2.45) is 5.92 Å². The highest BCUT2D eigenvalue weighted by Gasteiger charge is 2.41. The molecule has 0 saturated carbocycles. The maximum absolute atomic E-state index is 12.5. The number of amides is 1. The van der Waals surface area contributed by atoms with Crippen molar-refractivity contribution >= 4 is 23.2 Å². The number of rotatable bonds is 3. The second kappa shape index (κ2) is 9.22. The normalized spacial score (nSPS) is 21.7. The van der Waals surface area contributed by atoms with E-state index in [-0.39, 0.29) is 5.91 Å². The fourth-order valence-corrected chi connectivity index (χ4v) is 4.88. The number of aliphatic carboxylic acids is 1. The predicted octanol–water partition coefficient (Wildman–Crippen LogP) is 4.02. The minimum absolute atomic E-state index is 0.0383. The third-order valence-electron chi connectivity index (χ3n) is 5.31. The number of carboxylic acid groups (broad SMARTS) is 1. The lowest BCUT2D eigenvalue weighted by Gasteiger charge is -2.36. The van der Waals surface area contributed by atoms with Gasteiger partial charge in [-0.15, -0.1) is 11.3 Å². The zero-order valence-corrected chi connectivity index (χ0v) is 17.2. The topological polar surface area (TPSA) is 74.0 Å². The lowest BCUT2D eigenvalue weighted by Crippen LogP contribution is -2.44. The molecule has 2 aromatic heterocycles. The van der Waals surface area contributed by atoms with Gasteiger partial charge in [0.1, 0.15) is 0 Å². The largest absolute Gasteiger partial charge is 0.490 e. The summed E-state index contributed by atoms with van der Waals surface area (Å²) in [6.45, 7) is 6.01. The number of alkyl halides is 3. The summed E-state index contributed by atoms with van der Waals surface area (Å²) >= 11 is 1.88. The number of likely N-dealkylation sites (tertiary alicyclic amines) is 2. The summed E-state index contributed by atoms with van der Waals surface area (Å²) in [5, 5.41) is 7.12. The molecule has 1 N–H and O–H groups in total. The van der Waals surface area contributed by atoms with Crippen LogP contribution in [0.2, 0.25) is 0 Å². The van der Waals surface area contributed by atoms with Crippen LogP contribution >= 0.6 is 11.3 Å². The molecule has 0 radical (unpaired) electrons. The van der Waals surface area contributed by atoms with Crippen molar-refractivity contribution in [1.82, 2.24) is 9.80 Å². The van der Waals surface area contributed by atoms with Gasteiger partial charge >= 0.3 is 12.1 Å². The van der Waals surface area contributed by atoms with Crippen LogP contribution in [0.3, 0.4) is 0 Å². The summed E-state index contributed by atoms with van der Waals surface area (Å²) < 4.78 is 37.0. The number of aryl methyl sites for hydroxylation is 1. The Bertz CT molecular complexity index is 866. The Hall–Kier alpha value is -2.33. The van der Waals surface area contributed by atoms with Crippen LogP contribution < -0.4 is 0 Å². The summed E-state index contributed by atoms with van der Waals surface area (Å²) in [6, 6.07) is 8.47. The summed E-state index contributed by atoms with van der Waals surface area (Å²) in [4.78, 5) is 28.8. The lowest BCUT2D eigenvalue weighted by molar-refractivity contribution is -0.192. The number of carbonyl (C=O) groups is 2. The molecular formula is C20H23F3N2O4S. The van der Waals surface area contributed by atoms with Crippen molar-refractivity contribution < 1.29 is 32.3 Å². The molecule has 2 atom stereocenters. The second-order valence-electron chi connectivity index (χ2n) is 7.44. The van der Waals surface area contributed by atoms with E-state index < -0.39 is 12.1 Å². The fraction of sp³-hybridized carbons (Fsp3) is 0.500. The fourth-order valence-electron chi connectivity index (χ4n) is 3.96. The van der Waals surface area contributed by atoms with Gasteiger partial charge in [0.25, 0.3) is 5.91 Å². The number of thiophene rings is 1. The molecule has 30 heavy (non-hydrogen) atoms. The average Bonchev–Trinajstić information content (AvgIpc) is 3.42. The number of carbonyl (C=O) groups excluding carboxylic acids is 1. The first-order valence-corrected chi connectivity index (χ1v) is 10.4. The van der Waals surface area contributed by atoms with E-state index in [1.54, 1.807) is 18.4 Å². The summed E-state index contributed by atoms with van der Waals surface area (Å²) in [5.74, 6) is -1.66. The van der Waals surface area contributed by atoms with Crippen LogP contribution in [0.1, 0.15) is 33.2 Å². The lowest BCUT2D eigenvalue weighted by atomic mass is 9.92. The van der Waals surface area contributed by atoms with Crippen molar-refractivity contribution in [2.45, 2.75) is 38.5 Å². The van der Waals surface area contributed by atoms with Gasteiger partial charge in [0.05, 0.1) is 6.26 Å². The Kier molecular flexibility index (Phi) is 6.87. The highest BCUT2D eigenvalue weighted by molar-refractivity contribution is 7.11. The van der Waals surface area contributed by atoms with Gasteiger partial charge < -0.3 is 14.4 Å². The third-order valence-corrected chi connectivity index (χ3v) is 6.30. The van der Waals surface area contributed by atoms with Crippen LogP contribution in [0.5, 0.6) is 0 Å². The number of fused-ring (bicyclic) bond motifs is 1. The number of hydrogen-bond acceptors (Lipinski definition) is 5. The summed E-state index contributed by atoms with van der Waals surface area (Å²) in [5.41, 5.74) is 0. The van der Waals surface area contributed by atoms with Crippen LogP contribution in [0.4, 0.5) is 13.2 Å². The molecule has 0 unspecified atom stereocenters. The maximum atomic E-state index is 12.5. The third kappa shape index (κ3) is 5.42. The van der Waals surface area contributed by atoms with E-state index in [0.717, 1.165) is 26.2 Å². The first kappa shape index (κ1) is 22.4. The molecular weight excluding hydrogens is 421 g/mol. The Balaban J connectivity index is 0.000000318.